The predicted octanol–water partition coefficient (Wildman–Crippen LogP) is 2.78. The quantitative estimate of drug-likeness (QED) is 0.909. The second kappa shape index (κ2) is 6.34. The first-order chi connectivity index (χ1) is 10.6. The normalized spacial score (nSPS) is 20.8. The van der Waals surface area contributed by atoms with E-state index in [1.165, 1.54) is 12.3 Å². The molecule has 5 nitrogen and oxygen atoms in total. The van der Waals surface area contributed by atoms with Gasteiger partial charge in [-0.1, -0.05) is 41.9 Å². The fourth-order valence-electron chi connectivity index (χ4n) is 2.56. The molecule has 3 N–H and O–H groups in total. The van der Waals surface area contributed by atoms with Crippen LogP contribution in [0.2, 0.25) is 5.02 Å². The first-order valence-electron chi connectivity index (χ1n) is 7.03. The van der Waals surface area contributed by atoms with Crippen molar-refractivity contribution in [3.05, 3.63) is 58.7 Å². The van der Waals surface area contributed by atoms with Crippen LogP contribution in [0.25, 0.3) is 0 Å². The van der Waals surface area contributed by atoms with E-state index in [1.54, 1.807) is 0 Å². The van der Waals surface area contributed by atoms with E-state index >= 15 is 0 Å². The number of hydrogen-bond acceptors (Lipinski definition) is 4. The van der Waals surface area contributed by atoms with Crippen molar-refractivity contribution in [2.45, 2.75) is 18.6 Å². The van der Waals surface area contributed by atoms with E-state index in [4.69, 9.17) is 22.1 Å². The van der Waals surface area contributed by atoms with Gasteiger partial charge in [0.05, 0.1) is 16.6 Å². The van der Waals surface area contributed by atoms with Crippen LogP contribution in [-0.4, -0.2) is 23.5 Å². The Kier molecular flexibility index (Phi) is 4.27. The Balaban J connectivity index is 1.79. The first kappa shape index (κ1) is 14.8. The van der Waals surface area contributed by atoms with Gasteiger partial charge in [0, 0.05) is 12.8 Å². The minimum Gasteiger partial charge on any atom is -0.371 e. The number of anilines is 1. The van der Waals surface area contributed by atoms with Gasteiger partial charge in [-0.25, -0.2) is 4.98 Å². The molecule has 0 bridgehead atoms. The number of carbonyl (C=O) groups is 1. The second-order valence-corrected chi connectivity index (χ2v) is 5.57. The Morgan fingerprint density at radius 2 is 2.14 bits per heavy atom. The maximum atomic E-state index is 11.1. The Morgan fingerprint density at radius 1 is 1.36 bits per heavy atom. The molecule has 114 valence electrons. The number of nitrogens with two attached hydrogens (primary N) is 1. The molecule has 1 saturated heterocycles. The summed E-state index contributed by atoms with van der Waals surface area (Å²) >= 11 is 6.17. The van der Waals surface area contributed by atoms with Gasteiger partial charge in [-0.15, -0.1) is 0 Å². The SMILES string of the molecule is NC(=O)c1cnc(N[C@H]2CCO[C@H]2c2ccccc2)c(Cl)c1. The molecule has 0 aliphatic carbocycles. The minimum absolute atomic E-state index is 0.0464. The lowest BCUT2D eigenvalue weighted by atomic mass is 10.0. The zero-order valence-electron chi connectivity index (χ0n) is 11.8. The van der Waals surface area contributed by atoms with Crippen molar-refractivity contribution < 1.29 is 9.53 Å². The molecular weight excluding hydrogens is 302 g/mol. The number of nitrogens with one attached hydrogen (secondary N) is 1. The van der Waals surface area contributed by atoms with Gasteiger partial charge in [-0.05, 0) is 18.1 Å². The molecule has 0 saturated carbocycles. The first-order valence-corrected chi connectivity index (χ1v) is 7.41. The second-order valence-electron chi connectivity index (χ2n) is 5.16. The monoisotopic (exact) mass is 317 g/mol. The maximum absolute atomic E-state index is 11.1. The third-order valence-corrected chi connectivity index (χ3v) is 3.96. The van der Waals surface area contributed by atoms with Crippen molar-refractivity contribution in [3.63, 3.8) is 0 Å². The van der Waals surface area contributed by atoms with Gasteiger partial charge in [0.25, 0.3) is 0 Å². The Bertz CT molecular complexity index is 678. The summed E-state index contributed by atoms with van der Waals surface area (Å²) in [6.45, 7) is 0.675. The predicted molar refractivity (Wildman–Crippen MR) is 84.9 cm³/mol. The van der Waals surface area contributed by atoms with Crippen LogP contribution in [0.3, 0.4) is 0 Å². The van der Waals surface area contributed by atoms with Crippen LogP contribution < -0.4 is 11.1 Å². The molecule has 1 aromatic carbocycles. The molecule has 1 aliphatic heterocycles. The summed E-state index contributed by atoms with van der Waals surface area (Å²) in [4.78, 5) is 15.3. The molecule has 22 heavy (non-hydrogen) atoms. The van der Waals surface area contributed by atoms with Crippen LogP contribution in [0.15, 0.2) is 42.6 Å². The average Bonchev–Trinajstić information content (AvgIpc) is 2.98. The smallest absolute Gasteiger partial charge is 0.250 e. The highest BCUT2D eigenvalue weighted by Crippen LogP contribution is 2.32. The van der Waals surface area contributed by atoms with Crippen LogP contribution >= 0.6 is 11.6 Å². The largest absolute Gasteiger partial charge is 0.371 e. The van der Waals surface area contributed by atoms with Gasteiger partial charge in [0.15, 0.2) is 0 Å². The van der Waals surface area contributed by atoms with Gasteiger partial charge < -0.3 is 15.8 Å². The zero-order valence-corrected chi connectivity index (χ0v) is 12.6. The summed E-state index contributed by atoms with van der Waals surface area (Å²) < 4.78 is 5.82. The van der Waals surface area contributed by atoms with Crippen LogP contribution in [0.4, 0.5) is 5.82 Å². The number of rotatable bonds is 4. The third kappa shape index (κ3) is 3.05. The zero-order chi connectivity index (χ0) is 15.5. The minimum atomic E-state index is -0.549. The number of hydrogen-bond donors (Lipinski definition) is 2. The molecule has 3 rings (SSSR count). The summed E-state index contributed by atoms with van der Waals surface area (Å²) in [6.07, 6.45) is 2.23. The van der Waals surface area contributed by atoms with Crippen molar-refractivity contribution in [1.82, 2.24) is 4.98 Å². The standard InChI is InChI=1S/C16H16ClN3O2/c17-12-8-11(15(18)21)9-19-16(12)20-13-6-7-22-14(13)10-4-2-1-3-5-10/h1-5,8-9,13-14H,6-7H2,(H2,18,21)(H,19,20)/t13-,14-/m0/s1. The van der Waals surface area contributed by atoms with E-state index in [1.807, 2.05) is 30.3 Å². The lowest BCUT2D eigenvalue weighted by Crippen LogP contribution is -2.24. The number of nitrogens with zero attached hydrogens (tertiary/aromatic N) is 1. The number of amides is 1. The third-order valence-electron chi connectivity index (χ3n) is 3.67. The number of benzene rings is 1. The molecule has 1 aliphatic rings. The Labute approximate surface area is 133 Å². The number of primary amides is 1. The maximum Gasteiger partial charge on any atom is 0.250 e. The summed E-state index contributed by atoms with van der Waals surface area (Å²) in [6, 6.07) is 11.6. The molecule has 1 aromatic heterocycles. The molecule has 2 heterocycles. The van der Waals surface area contributed by atoms with Crippen LogP contribution in [0, 0.1) is 0 Å². The van der Waals surface area contributed by atoms with Gasteiger partial charge in [-0.3, -0.25) is 4.79 Å². The Hall–Kier alpha value is -2.11. The number of carbonyl (C=O) groups excluding carboxylic acids is 1. The molecule has 2 atom stereocenters. The average molecular weight is 318 g/mol. The fourth-order valence-corrected chi connectivity index (χ4v) is 2.78. The van der Waals surface area contributed by atoms with E-state index in [0.717, 1.165) is 12.0 Å². The van der Waals surface area contributed by atoms with Gasteiger partial charge >= 0.3 is 0 Å². The van der Waals surface area contributed by atoms with E-state index in [9.17, 15) is 4.79 Å². The van der Waals surface area contributed by atoms with Crippen LogP contribution in [0.5, 0.6) is 0 Å². The van der Waals surface area contributed by atoms with E-state index in [-0.39, 0.29) is 17.7 Å². The van der Waals surface area contributed by atoms with Crippen molar-refractivity contribution >= 4 is 23.3 Å². The lowest BCUT2D eigenvalue weighted by Gasteiger charge is -2.21. The highest BCUT2D eigenvalue weighted by atomic mass is 35.5. The van der Waals surface area contributed by atoms with E-state index in [2.05, 4.69) is 10.3 Å². The molecule has 2 aromatic rings. The summed E-state index contributed by atoms with van der Waals surface area (Å²) in [7, 11) is 0. The molecule has 6 heteroatoms. The summed E-state index contributed by atoms with van der Waals surface area (Å²) in [5, 5.41) is 3.67. The summed E-state index contributed by atoms with van der Waals surface area (Å²) in [5.41, 5.74) is 6.62. The molecular formula is C16H16ClN3O2. The highest BCUT2D eigenvalue weighted by Gasteiger charge is 2.30. The number of ether oxygens (including phenoxy) is 1. The van der Waals surface area contributed by atoms with E-state index < -0.39 is 5.91 Å². The summed E-state index contributed by atoms with van der Waals surface area (Å²) in [5.74, 6) is -0.0181. The van der Waals surface area contributed by atoms with Gasteiger partial charge in [0.2, 0.25) is 5.91 Å². The molecule has 0 unspecified atom stereocenters. The van der Waals surface area contributed by atoms with Crippen molar-refractivity contribution in [2.75, 3.05) is 11.9 Å². The van der Waals surface area contributed by atoms with Crippen LogP contribution in [-0.2, 0) is 4.74 Å². The van der Waals surface area contributed by atoms with Crippen molar-refractivity contribution in [2.24, 2.45) is 5.73 Å². The van der Waals surface area contributed by atoms with Crippen LogP contribution in [0.1, 0.15) is 28.4 Å². The van der Waals surface area contributed by atoms with Gasteiger partial charge in [0.1, 0.15) is 11.9 Å². The van der Waals surface area contributed by atoms with Gasteiger partial charge in [-0.2, -0.15) is 0 Å². The van der Waals surface area contributed by atoms with Crippen molar-refractivity contribution in [3.8, 4) is 0 Å². The molecule has 0 radical (unpaired) electrons. The Morgan fingerprint density at radius 3 is 2.82 bits per heavy atom. The number of aromatic nitrogens is 1. The fraction of sp³-hybridized carbons (Fsp3) is 0.250. The van der Waals surface area contributed by atoms with Crippen molar-refractivity contribution in [1.29, 1.82) is 0 Å². The topological polar surface area (TPSA) is 77.2 Å². The highest BCUT2D eigenvalue weighted by molar-refractivity contribution is 6.33. The van der Waals surface area contributed by atoms with E-state index in [0.29, 0.717) is 17.4 Å². The number of halogens is 1. The number of pyridine rings is 1. The lowest BCUT2D eigenvalue weighted by molar-refractivity contribution is 0.1000. The molecule has 1 fully saturated rings. The molecule has 0 spiro atoms. The molecule has 1 amide bonds.